The van der Waals surface area contributed by atoms with E-state index < -0.39 is 11.7 Å². The maximum atomic E-state index is 13.6. The van der Waals surface area contributed by atoms with E-state index in [1.54, 1.807) is 18.2 Å². The van der Waals surface area contributed by atoms with E-state index in [4.69, 9.17) is 15.2 Å². The van der Waals surface area contributed by atoms with Gasteiger partial charge in [0.15, 0.2) is 11.5 Å². The molecule has 21 heavy (non-hydrogen) atoms. The first-order valence-corrected chi connectivity index (χ1v) is 6.40. The van der Waals surface area contributed by atoms with E-state index >= 15 is 0 Å². The summed E-state index contributed by atoms with van der Waals surface area (Å²) in [5.74, 6) is -0.135. The SMILES string of the molecule is Nc1cc2c(cc1NC(=O)c1ccccc1F)OCCO2. The lowest BCUT2D eigenvalue weighted by Crippen LogP contribution is -2.18. The summed E-state index contributed by atoms with van der Waals surface area (Å²) in [5.41, 5.74) is 6.49. The van der Waals surface area contributed by atoms with E-state index in [0.29, 0.717) is 36.1 Å². The van der Waals surface area contributed by atoms with Crippen LogP contribution < -0.4 is 20.5 Å². The summed E-state index contributed by atoms with van der Waals surface area (Å²) in [6.45, 7) is 0.880. The number of amides is 1. The highest BCUT2D eigenvalue weighted by Gasteiger charge is 2.17. The number of nitrogens with two attached hydrogens (primary N) is 1. The molecule has 0 atom stereocenters. The molecule has 0 spiro atoms. The maximum Gasteiger partial charge on any atom is 0.258 e. The first-order chi connectivity index (χ1) is 10.1. The molecule has 108 valence electrons. The van der Waals surface area contributed by atoms with Crippen LogP contribution in [0.5, 0.6) is 11.5 Å². The molecule has 2 aromatic rings. The van der Waals surface area contributed by atoms with Crippen LogP contribution in [0, 0.1) is 5.82 Å². The molecular formula is C15H13FN2O3. The summed E-state index contributed by atoms with van der Waals surface area (Å²) < 4.78 is 24.4. The van der Waals surface area contributed by atoms with E-state index in [1.165, 1.54) is 18.2 Å². The highest BCUT2D eigenvalue weighted by Crippen LogP contribution is 2.37. The van der Waals surface area contributed by atoms with Crippen LogP contribution in [0.2, 0.25) is 0 Å². The second-order valence-electron chi connectivity index (χ2n) is 4.52. The van der Waals surface area contributed by atoms with Crippen LogP contribution in [-0.2, 0) is 0 Å². The molecule has 3 rings (SSSR count). The Morgan fingerprint density at radius 3 is 2.52 bits per heavy atom. The highest BCUT2D eigenvalue weighted by molar-refractivity contribution is 6.06. The Bertz CT molecular complexity index is 703. The third kappa shape index (κ3) is 2.60. The first-order valence-electron chi connectivity index (χ1n) is 6.40. The summed E-state index contributed by atoms with van der Waals surface area (Å²) in [6.07, 6.45) is 0. The van der Waals surface area contributed by atoms with Crippen molar-refractivity contribution in [2.45, 2.75) is 0 Å². The Balaban J connectivity index is 1.88. The summed E-state index contributed by atoms with van der Waals surface area (Å²) in [5, 5.41) is 2.58. The van der Waals surface area contributed by atoms with Gasteiger partial charge in [-0.2, -0.15) is 0 Å². The number of hydrogen-bond acceptors (Lipinski definition) is 4. The molecule has 0 radical (unpaired) electrons. The van der Waals surface area contributed by atoms with E-state index in [9.17, 15) is 9.18 Å². The van der Waals surface area contributed by atoms with E-state index in [2.05, 4.69) is 5.32 Å². The van der Waals surface area contributed by atoms with Crippen LogP contribution in [0.1, 0.15) is 10.4 Å². The zero-order valence-electron chi connectivity index (χ0n) is 11.1. The fraction of sp³-hybridized carbons (Fsp3) is 0.133. The molecule has 1 amide bonds. The first kappa shape index (κ1) is 13.2. The van der Waals surface area contributed by atoms with Crippen LogP contribution in [-0.4, -0.2) is 19.1 Å². The summed E-state index contributed by atoms with van der Waals surface area (Å²) in [6, 6.07) is 8.88. The smallest absolute Gasteiger partial charge is 0.258 e. The van der Waals surface area contributed by atoms with Gasteiger partial charge >= 0.3 is 0 Å². The Morgan fingerprint density at radius 1 is 1.14 bits per heavy atom. The zero-order valence-corrected chi connectivity index (χ0v) is 11.1. The molecule has 2 aromatic carbocycles. The molecule has 5 nitrogen and oxygen atoms in total. The minimum atomic E-state index is -0.592. The molecule has 0 fully saturated rings. The van der Waals surface area contributed by atoms with Crippen LogP contribution in [0.4, 0.5) is 15.8 Å². The van der Waals surface area contributed by atoms with Crippen molar-refractivity contribution in [2.24, 2.45) is 0 Å². The fourth-order valence-corrected chi connectivity index (χ4v) is 2.05. The van der Waals surface area contributed by atoms with Crippen molar-refractivity contribution in [3.05, 3.63) is 47.8 Å². The van der Waals surface area contributed by atoms with Crippen LogP contribution in [0.15, 0.2) is 36.4 Å². The van der Waals surface area contributed by atoms with Crippen LogP contribution >= 0.6 is 0 Å². The van der Waals surface area contributed by atoms with Crippen molar-refractivity contribution >= 4 is 17.3 Å². The number of hydrogen-bond donors (Lipinski definition) is 2. The number of halogens is 1. The normalized spacial score (nSPS) is 12.8. The molecular weight excluding hydrogens is 275 g/mol. The van der Waals surface area contributed by atoms with Gasteiger partial charge in [-0.05, 0) is 12.1 Å². The Labute approximate surface area is 120 Å². The summed E-state index contributed by atoms with van der Waals surface area (Å²) >= 11 is 0. The number of nitrogens with one attached hydrogen (secondary N) is 1. The van der Waals surface area contributed by atoms with Gasteiger partial charge in [0.2, 0.25) is 0 Å². The Morgan fingerprint density at radius 2 is 1.81 bits per heavy atom. The second-order valence-corrected chi connectivity index (χ2v) is 4.52. The summed E-state index contributed by atoms with van der Waals surface area (Å²) in [4.78, 5) is 12.1. The van der Waals surface area contributed by atoms with Gasteiger partial charge in [-0.1, -0.05) is 12.1 Å². The molecule has 3 N–H and O–H groups in total. The molecule has 1 aliphatic heterocycles. The third-order valence-corrected chi connectivity index (χ3v) is 3.08. The maximum absolute atomic E-state index is 13.6. The number of carbonyl (C=O) groups excluding carboxylic acids is 1. The van der Waals surface area contributed by atoms with Gasteiger partial charge in [-0.3, -0.25) is 4.79 Å². The minimum Gasteiger partial charge on any atom is -0.486 e. The van der Waals surface area contributed by atoms with Gasteiger partial charge in [0.25, 0.3) is 5.91 Å². The van der Waals surface area contributed by atoms with Gasteiger partial charge in [-0.15, -0.1) is 0 Å². The average molecular weight is 288 g/mol. The number of fused-ring (bicyclic) bond motifs is 1. The fourth-order valence-electron chi connectivity index (χ4n) is 2.05. The quantitative estimate of drug-likeness (QED) is 0.832. The lowest BCUT2D eigenvalue weighted by atomic mass is 10.1. The predicted molar refractivity (Wildman–Crippen MR) is 76.2 cm³/mol. The van der Waals surface area contributed by atoms with E-state index in [0.717, 1.165) is 0 Å². The van der Waals surface area contributed by atoms with Crippen molar-refractivity contribution in [2.75, 3.05) is 24.3 Å². The molecule has 0 bridgehead atoms. The Kier molecular flexibility index (Phi) is 3.35. The van der Waals surface area contributed by atoms with Crippen molar-refractivity contribution in [1.82, 2.24) is 0 Å². The lowest BCUT2D eigenvalue weighted by Gasteiger charge is -2.20. The van der Waals surface area contributed by atoms with Crippen molar-refractivity contribution in [3.8, 4) is 11.5 Å². The van der Waals surface area contributed by atoms with Gasteiger partial charge < -0.3 is 20.5 Å². The average Bonchev–Trinajstić information content (AvgIpc) is 2.48. The van der Waals surface area contributed by atoms with Gasteiger partial charge in [0.1, 0.15) is 19.0 Å². The standard InChI is InChI=1S/C15H13FN2O3/c16-10-4-2-1-3-9(10)15(19)18-12-8-14-13(7-11(12)17)20-5-6-21-14/h1-4,7-8H,5-6,17H2,(H,18,19). The molecule has 1 heterocycles. The Hall–Kier alpha value is -2.76. The third-order valence-electron chi connectivity index (χ3n) is 3.08. The van der Waals surface area contributed by atoms with E-state index in [-0.39, 0.29) is 5.56 Å². The predicted octanol–water partition coefficient (Wildman–Crippen LogP) is 2.43. The number of nitrogen functional groups attached to an aromatic ring is 1. The number of ether oxygens (including phenoxy) is 2. The molecule has 1 aliphatic rings. The monoisotopic (exact) mass is 288 g/mol. The van der Waals surface area contributed by atoms with E-state index in [1.807, 2.05) is 0 Å². The molecule has 0 saturated heterocycles. The van der Waals surface area contributed by atoms with Gasteiger partial charge in [0.05, 0.1) is 16.9 Å². The number of rotatable bonds is 2. The molecule has 0 aliphatic carbocycles. The molecule has 0 saturated carbocycles. The number of benzene rings is 2. The lowest BCUT2D eigenvalue weighted by molar-refractivity contribution is 0.102. The van der Waals surface area contributed by atoms with Crippen LogP contribution in [0.3, 0.4) is 0 Å². The van der Waals surface area contributed by atoms with Crippen molar-refractivity contribution < 1.29 is 18.7 Å². The molecule has 6 heteroatoms. The largest absolute Gasteiger partial charge is 0.486 e. The number of anilines is 2. The molecule has 0 unspecified atom stereocenters. The minimum absolute atomic E-state index is 0.0493. The summed E-state index contributed by atoms with van der Waals surface area (Å²) in [7, 11) is 0. The van der Waals surface area contributed by atoms with Gasteiger partial charge in [-0.25, -0.2) is 4.39 Å². The van der Waals surface area contributed by atoms with Crippen molar-refractivity contribution in [1.29, 1.82) is 0 Å². The topological polar surface area (TPSA) is 73.6 Å². The highest BCUT2D eigenvalue weighted by atomic mass is 19.1. The van der Waals surface area contributed by atoms with Crippen LogP contribution in [0.25, 0.3) is 0 Å². The molecule has 0 aromatic heterocycles. The zero-order chi connectivity index (χ0) is 14.8. The van der Waals surface area contributed by atoms with Gasteiger partial charge in [0, 0.05) is 12.1 Å². The van der Waals surface area contributed by atoms with Crippen molar-refractivity contribution in [3.63, 3.8) is 0 Å². The second kappa shape index (κ2) is 5.32. The number of carbonyl (C=O) groups is 1.